The third-order valence-electron chi connectivity index (χ3n) is 5.29. The summed E-state index contributed by atoms with van der Waals surface area (Å²) in [5, 5.41) is 28.7. The molecule has 2 aromatic rings. The van der Waals surface area contributed by atoms with Crippen LogP contribution in [0, 0.1) is 16.7 Å². The zero-order valence-electron chi connectivity index (χ0n) is 17.7. The second kappa shape index (κ2) is 9.16. The maximum Gasteiger partial charge on any atom is 0.330 e. The largest absolute Gasteiger partial charge is 0.394 e. The third-order valence-corrected chi connectivity index (χ3v) is 5.29. The zero-order valence-corrected chi connectivity index (χ0v) is 17.7. The predicted molar refractivity (Wildman–Crippen MR) is 111 cm³/mol. The molecule has 4 atom stereocenters. The number of ether oxygens (including phenoxy) is 2. The van der Waals surface area contributed by atoms with E-state index in [0.29, 0.717) is 5.56 Å². The SMILES string of the molecule is CC(C)(C)C(OCc1cn([C@H]2C[C@H](O)[C@@H](CO)O2)c(=O)[nH]c1=O)c1ccccc1C#N. The van der Waals surface area contributed by atoms with E-state index in [2.05, 4.69) is 11.1 Å². The van der Waals surface area contributed by atoms with E-state index < -0.39 is 35.8 Å². The number of aliphatic hydroxyl groups excluding tert-OH is 2. The number of benzene rings is 1. The Morgan fingerprint density at radius 2 is 2.06 bits per heavy atom. The molecule has 2 heterocycles. The molecule has 9 heteroatoms. The Morgan fingerprint density at radius 1 is 1.35 bits per heavy atom. The van der Waals surface area contributed by atoms with Crippen molar-refractivity contribution in [3.05, 3.63) is 68.0 Å². The van der Waals surface area contributed by atoms with Crippen molar-refractivity contribution in [1.82, 2.24) is 9.55 Å². The molecule has 9 nitrogen and oxygen atoms in total. The number of hydrogen-bond acceptors (Lipinski definition) is 7. The molecule has 3 N–H and O–H groups in total. The number of hydrogen-bond donors (Lipinski definition) is 3. The Hall–Kier alpha value is -2.77. The summed E-state index contributed by atoms with van der Waals surface area (Å²) >= 11 is 0. The van der Waals surface area contributed by atoms with Crippen molar-refractivity contribution in [2.75, 3.05) is 6.61 Å². The lowest BCUT2D eigenvalue weighted by Gasteiger charge is -2.31. The quantitative estimate of drug-likeness (QED) is 0.630. The van der Waals surface area contributed by atoms with Crippen LogP contribution in [0.15, 0.2) is 40.1 Å². The van der Waals surface area contributed by atoms with Crippen LogP contribution in [-0.4, -0.2) is 38.6 Å². The smallest absolute Gasteiger partial charge is 0.330 e. The number of nitrogens with zero attached hydrogens (tertiary/aromatic N) is 2. The van der Waals surface area contributed by atoms with Crippen molar-refractivity contribution < 1.29 is 19.7 Å². The van der Waals surface area contributed by atoms with Gasteiger partial charge in [-0.15, -0.1) is 0 Å². The fraction of sp³-hybridized carbons (Fsp3) is 0.500. The van der Waals surface area contributed by atoms with Crippen LogP contribution in [0.4, 0.5) is 0 Å². The predicted octanol–water partition coefficient (Wildman–Crippen LogP) is 1.35. The first-order chi connectivity index (χ1) is 14.7. The minimum Gasteiger partial charge on any atom is -0.394 e. The standard InChI is InChI=1S/C22H27N3O6/c1-22(2,3)19(15-7-5-4-6-13(15)9-23)30-12-14-10-25(21(29)24-20(14)28)18-8-16(27)17(11-26)31-18/h4-7,10,16-19,26-27H,8,11-12H2,1-3H3,(H,24,28,29)/t16-,17+,18+,19?/m0/s1. The molecule has 0 amide bonds. The van der Waals surface area contributed by atoms with Gasteiger partial charge in [0, 0.05) is 12.6 Å². The first-order valence-corrected chi connectivity index (χ1v) is 10.0. The van der Waals surface area contributed by atoms with E-state index in [1.807, 2.05) is 32.9 Å². The summed E-state index contributed by atoms with van der Waals surface area (Å²) in [4.78, 5) is 26.9. The highest BCUT2D eigenvalue weighted by Crippen LogP contribution is 2.38. The van der Waals surface area contributed by atoms with E-state index in [1.54, 1.807) is 12.1 Å². The molecule has 1 aliphatic rings. The Morgan fingerprint density at radius 3 is 2.68 bits per heavy atom. The summed E-state index contributed by atoms with van der Waals surface area (Å²) in [5.41, 5.74) is -0.221. The number of rotatable bonds is 6. The van der Waals surface area contributed by atoms with Crippen LogP contribution in [0.3, 0.4) is 0 Å². The summed E-state index contributed by atoms with van der Waals surface area (Å²) in [6.07, 6.45) is -1.54. The highest BCUT2D eigenvalue weighted by molar-refractivity contribution is 5.39. The van der Waals surface area contributed by atoms with Crippen molar-refractivity contribution in [3.8, 4) is 6.07 Å². The van der Waals surface area contributed by atoms with Gasteiger partial charge in [-0.2, -0.15) is 5.26 Å². The highest BCUT2D eigenvalue weighted by atomic mass is 16.5. The molecule has 1 aromatic carbocycles. The average Bonchev–Trinajstić information content (AvgIpc) is 3.09. The van der Waals surface area contributed by atoms with Crippen molar-refractivity contribution in [2.45, 2.75) is 58.3 Å². The minimum absolute atomic E-state index is 0.101. The molecular formula is C22H27N3O6. The Balaban J connectivity index is 1.89. The van der Waals surface area contributed by atoms with E-state index in [-0.39, 0.29) is 30.6 Å². The van der Waals surface area contributed by atoms with E-state index in [0.717, 1.165) is 5.56 Å². The lowest BCUT2D eigenvalue weighted by atomic mass is 9.83. The summed E-state index contributed by atoms with van der Waals surface area (Å²) in [5.74, 6) is 0. The Bertz CT molecular complexity index is 1080. The summed E-state index contributed by atoms with van der Waals surface area (Å²) in [6, 6.07) is 9.31. The van der Waals surface area contributed by atoms with Gasteiger partial charge in [0.25, 0.3) is 5.56 Å². The summed E-state index contributed by atoms with van der Waals surface area (Å²) in [7, 11) is 0. The molecule has 31 heavy (non-hydrogen) atoms. The van der Waals surface area contributed by atoms with E-state index in [4.69, 9.17) is 9.47 Å². The van der Waals surface area contributed by atoms with Gasteiger partial charge in [-0.1, -0.05) is 39.0 Å². The maximum atomic E-state index is 12.4. The number of aromatic amines is 1. The van der Waals surface area contributed by atoms with Crippen molar-refractivity contribution in [2.24, 2.45) is 5.41 Å². The molecule has 1 aliphatic heterocycles. The van der Waals surface area contributed by atoms with Gasteiger partial charge in [0.1, 0.15) is 12.3 Å². The Labute approximate surface area is 179 Å². The number of H-pyrrole nitrogens is 1. The van der Waals surface area contributed by atoms with E-state index >= 15 is 0 Å². The van der Waals surface area contributed by atoms with Gasteiger partial charge in [0.05, 0.1) is 42.6 Å². The summed E-state index contributed by atoms with van der Waals surface area (Å²) < 4.78 is 12.8. The number of nitrogens with one attached hydrogen (secondary N) is 1. The van der Waals surface area contributed by atoms with E-state index in [1.165, 1.54) is 10.8 Å². The van der Waals surface area contributed by atoms with Crippen molar-refractivity contribution >= 4 is 0 Å². The molecule has 166 valence electrons. The lowest BCUT2D eigenvalue weighted by Crippen LogP contribution is -2.35. The third kappa shape index (κ3) is 4.94. The van der Waals surface area contributed by atoms with Gasteiger partial charge in [-0.3, -0.25) is 14.3 Å². The highest BCUT2D eigenvalue weighted by Gasteiger charge is 2.35. The minimum atomic E-state index is -0.915. The van der Waals surface area contributed by atoms with Gasteiger partial charge >= 0.3 is 5.69 Å². The van der Waals surface area contributed by atoms with Gasteiger partial charge in [0.2, 0.25) is 0 Å². The number of aliphatic hydroxyl groups is 2. The average molecular weight is 429 g/mol. The van der Waals surface area contributed by atoms with Crippen LogP contribution in [0.1, 0.15) is 56.2 Å². The molecule has 0 spiro atoms. The molecule has 1 unspecified atom stereocenters. The normalized spacial score (nSPS) is 22.3. The molecular weight excluding hydrogens is 402 g/mol. The van der Waals surface area contributed by atoms with Gasteiger partial charge < -0.3 is 19.7 Å². The molecule has 0 aliphatic carbocycles. The zero-order chi connectivity index (χ0) is 22.8. The molecule has 0 bridgehead atoms. The Kier molecular flexibility index (Phi) is 6.77. The van der Waals surface area contributed by atoms with Crippen molar-refractivity contribution in [3.63, 3.8) is 0 Å². The first-order valence-electron chi connectivity index (χ1n) is 10.0. The van der Waals surface area contributed by atoms with Crippen LogP contribution in [0.5, 0.6) is 0 Å². The van der Waals surface area contributed by atoms with Crippen LogP contribution in [-0.2, 0) is 16.1 Å². The number of nitriles is 1. The molecule has 0 saturated carbocycles. The fourth-order valence-corrected chi connectivity index (χ4v) is 3.70. The molecule has 1 saturated heterocycles. The van der Waals surface area contributed by atoms with Crippen molar-refractivity contribution in [1.29, 1.82) is 5.26 Å². The van der Waals surface area contributed by atoms with Gasteiger partial charge in [-0.25, -0.2) is 4.79 Å². The van der Waals surface area contributed by atoms with Gasteiger partial charge in [0.15, 0.2) is 0 Å². The first kappa shape index (κ1) is 22.9. The van der Waals surface area contributed by atoms with Crippen LogP contribution in [0.25, 0.3) is 0 Å². The second-order valence-corrected chi connectivity index (χ2v) is 8.69. The molecule has 1 fully saturated rings. The topological polar surface area (TPSA) is 138 Å². The van der Waals surface area contributed by atoms with E-state index in [9.17, 15) is 25.1 Å². The fourth-order valence-electron chi connectivity index (χ4n) is 3.70. The number of aromatic nitrogens is 2. The molecule has 0 radical (unpaired) electrons. The van der Waals surface area contributed by atoms with Crippen LogP contribution in [0.2, 0.25) is 0 Å². The summed E-state index contributed by atoms with van der Waals surface area (Å²) in [6.45, 7) is 5.44. The second-order valence-electron chi connectivity index (χ2n) is 8.69. The lowest BCUT2D eigenvalue weighted by molar-refractivity contribution is -0.0471. The maximum absolute atomic E-state index is 12.4. The molecule has 3 rings (SSSR count). The van der Waals surface area contributed by atoms with Crippen LogP contribution >= 0.6 is 0 Å². The van der Waals surface area contributed by atoms with Gasteiger partial charge in [-0.05, 0) is 17.0 Å². The van der Waals surface area contributed by atoms with Crippen LogP contribution < -0.4 is 11.2 Å². The monoisotopic (exact) mass is 429 g/mol. The molecule has 1 aromatic heterocycles.